The van der Waals surface area contributed by atoms with E-state index in [0.29, 0.717) is 6.61 Å². The summed E-state index contributed by atoms with van der Waals surface area (Å²) in [6.45, 7) is 12.9. The van der Waals surface area contributed by atoms with E-state index in [1.807, 2.05) is 0 Å². The molecule has 148 valence electrons. The summed E-state index contributed by atoms with van der Waals surface area (Å²) in [5, 5.41) is 8.63. The first-order valence-electron chi connectivity index (χ1n) is 9.24. The lowest BCUT2D eigenvalue weighted by Crippen LogP contribution is -2.44. The molecule has 1 heterocycles. The van der Waals surface area contributed by atoms with Crippen molar-refractivity contribution in [3.8, 4) is 0 Å². The van der Waals surface area contributed by atoms with E-state index in [9.17, 15) is 9.59 Å². The van der Waals surface area contributed by atoms with Crippen molar-refractivity contribution in [2.75, 3.05) is 19.8 Å². The molecule has 8 heteroatoms. The van der Waals surface area contributed by atoms with E-state index < -0.39 is 28.6 Å². The quantitative estimate of drug-likeness (QED) is 0.251. The van der Waals surface area contributed by atoms with Gasteiger partial charge in [-0.05, 0) is 44.7 Å². The summed E-state index contributed by atoms with van der Waals surface area (Å²) in [6, 6.07) is 2.43. The molecule has 25 heavy (non-hydrogen) atoms. The molecule has 0 atom stereocenters. The van der Waals surface area contributed by atoms with Crippen LogP contribution in [0.4, 0.5) is 0 Å². The van der Waals surface area contributed by atoms with E-state index in [1.165, 1.54) is 18.9 Å². The second kappa shape index (κ2) is 12.7. The molecule has 1 rings (SSSR count). The monoisotopic (exact) mass is 392 g/mol. The second-order valence-corrected chi connectivity index (χ2v) is 16.4. The first kappa shape index (κ1) is 24.5. The van der Waals surface area contributed by atoms with Crippen LogP contribution in [-0.2, 0) is 23.2 Å². The molecule has 0 spiro atoms. The Labute approximate surface area is 154 Å². The number of rotatable bonds is 11. The van der Waals surface area contributed by atoms with Gasteiger partial charge in [0.1, 0.15) is 0 Å². The molecular weight excluding hydrogens is 356 g/mol. The summed E-state index contributed by atoms with van der Waals surface area (Å²) in [6.07, 6.45) is 4.13. The highest BCUT2D eigenvalue weighted by atomic mass is 28.4. The van der Waals surface area contributed by atoms with Gasteiger partial charge in [-0.2, -0.15) is 0 Å². The molecule has 0 aromatic carbocycles. The number of cyclic esters (lactones) is 2. The highest BCUT2D eigenvalue weighted by Gasteiger charge is 2.31. The summed E-state index contributed by atoms with van der Waals surface area (Å²) in [7, 11) is -2.98. The molecular formula is C17H36O6Si2. The van der Waals surface area contributed by atoms with Gasteiger partial charge in [0, 0.05) is 6.61 Å². The van der Waals surface area contributed by atoms with Crippen molar-refractivity contribution in [1.82, 2.24) is 0 Å². The fourth-order valence-corrected chi connectivity index (χ4v) is 11.7. The number of hydrogen-bond donors (Lipinski definition) is 1. The van der Waals surface area contributed by atoms with E-state index in [4.69, 9.17) is 14.0 Å². The first-order valence-corrected chi connectivity index (χ1v) is 15.5. The third-order valence-electron chi connectivity index (χ3n) is 3.75. The van der Waals surface area contributed by atoms with Crippen LogP contribution in [0.1, 0.15) is 39.0 Å². The molecule has 0 unspecified atom stereocenters. The Hall–Kier alpha value is -0.546. The van der Waals surface area contributed by atoms with E-state index in [1.54, 1.807) is 0 Å². The third kappa shape index (κ3) is 14.3. The normalized spacial score (nSPS) is 15.0. The fraction of sp³-hybridized carbons (Fsp3) is 0.882. The fourth-order valence-electron chi connectivity index (χ4n) is 2.65. The van der Waals surface area contributed by atoms with Crippen molar-refractivity contribution in [3.63, 3.8) is 0 Å². The lowest BCUT2D eigenvalue weighted by Gasteiger charge is -2.34. The van der Waals surface area contributed by atoms with Gasteiger partial charge in [-0.25, -0.2) is 0 Å². The largest absolute Gasteiger partial charge is 0.455 e. The van der Waals surface area contributed by atoms with Crippen molar-refractivity contribution in [2.24, 2.45) is 0 Å². The van der Waals surface area contributed by atoms with Crippen LogP contribution < -0.4 is 0 Å². The van der Waals surface area contributed by atoms with Gasteiger partial charge in [0.25, 0.3) is 0 Å². The van der Waals surface area contributed by atoms with E-state index in [2.05, 4.69) is 37.8 Å². The molecule has 0 radical (unpaired) electrons. The summed E-state index contributed by atoms with van der Waals surface area (Å²) in [5.74, 6) is -0.796. The van der Waals surface area contributed by atoms with Crippen LogP contribution in [0.15, 0.2) is 0 Å². The molecule has 1 aliphatic rings. The zero-order valence-corrected chi connectivity index (χ0v) is 18.6. The SMILES string of the molecule is CCCC[Si](C)(C)O[Si](C)(C)CCCOCCO.O=C1CCC(=O)O1. The van der Waals surface area contributed by atoms with Gasteiger partial charge in [-0.1, -0.05) is 19.8 Å². The summed E-state index contributed by atoms with van der Waals surface area (Å²) in [4.78, 5) is 20.0. The highest BCUT2D eigenvalue weighted by molar-refractivity contribution is 6.84. The van der Waals surface area contributed by atoms with Crippen LogP contribution in [0, 0.1) is 0 Å². The second-order valence-electron chi connectivity index (χ2n) is 7.51. The number of aliphatic hydroxyl groups is 1. The summed E-state index contributed by atoms with van der Waals surface area (Å²) >= 11 is 0. The number of ether oxygens (including phenoxy) is 2. The number of carbonyl (C=O) groups excluding carboxylic acids is 2. The lowest BCUT2D eigenvalue weighted by atomic mass is 10.4. The average molecular weight is 393 g/mol. The van der Waals surface area contributed by atoms with Crippen LogP contribution >= 0.6 is 0 Å². The number of esters is 2. The summed E-state index contributed by atoms with van der Waals surface area (Å²) < 4.78 is 15.9. The molecule has 0 aromatic heterocycles. The van der Waals surface area contributed by atoms with Crippen molar-refractivity contribution in [2.45, 2.75) is 77.3 Å². The number of carbonyl (C=O) groups is 2. The number of aliphatic hydroxyl groups excluding tert-OH is 1. The van der Waals surface area contributed by atoms with E-state index in [-0.39, 0.29) is 19.4 Å². The average Bonchev–Trinajstić information content (AvgIpc) is 2.88. The standard InChI is InChI=1S/C13H32O3Si2.C4H4O3/c1-6-7-12-17(2,3)16-18(4,5)13-8-10-15-11-9-14;5-3-1-2-4(6)7-3/h14H,6-13H2,1-5H3;1-2H2. The Morgan fingerprint density at radius 3 is 1.88 bits per heavy atom. The van der Waals surface area contributed by atoms with Gasteiger partial charge in [0.15, 0.2) is 16.6 Å². The van der Waals surface area contributed by atoms with Gasteiger partial charge >= 0.3 is 11.9 Å². The third-order valence-corrected chi connectivity index (χ3v) is 11.3. The molecule has 0 saturated carbocycles. The van der Waals surface area contributed by atoms with E-state index in [0.717, 1.165) is 19.1 Å². The van der Waals surface area contributed by atoms with Crippen LogP contribution in [0.3, 0.4) is 0 Å². The molecule has 0 aromatic rings. The Balaban J connectivity index is 0.000000676. The van der Waals surface area contributed by atoms with Gasteiger partial charge < -0.3 is 18.7 Å². The Bertz CT molecular complexity index is 385. The van der Waals surface area contributed by atoms with Crippen LogP contribution in [0.25, 0.3) is 0 Å². The Kier molecular flexibility index (Phi) is 12.5. The van der Waals surface area contributed by atoms with Gasteiger partial charge in [-0.15, -0.1) is 0 Å². The Morgan fingerprint density at radius 2 is 1.48 bits per heavy atom. The minimum atomic E-state index is -1.53. The molecule has 1 fully saturated rings. The van der Waals surface area contributed by atoms with Crippen molar-refractivity contribution >= 4 is 28.6 Å². The molecule has 0 bridgehead atoms. The molecule has 1 N–H and O–H groups in total. The van der Waals surface area contributed by atoms with Crippen molar-refractivity contribution in [3.05, 3.63) is 0 Å². The zero-order chi connectivity index (χ0) is 19.3. The van der Waals surface area contributed by atoms with Crippen LogP contribution in [0.5, 0.6) is 0 Å². The van der Waals surface area contributed by atoms with Crippen molar-refractivity contribution < 1.29 is 28.3 Å². The minimum Gasteiger partial charge on any atom is -0.455 e. The Morgan fingerprint density at radius 1 is 0.960 bits per heavy atom. The van der Waals surface area contributed by atoms with Crippen molar-refractivity contribution in [1.29, 1.82) is 0 Å². The minimum absolute atomic E-state index is 0.119. The molecule has 0 aliphatic carbocycles. The maximum absolute atomic E-state index is 10.0. The lowest BCUT2D eigenvalue weighted by molar-refractivity contribution is -0.151. The highest BCUT2D eigenvalue weighted by Crippen LogP contribution is 2.24. The number of hydrogen-bond acceptors (Lipinski definition) is 6. The molecule has 1 saturated heterocycles. The number of unbranched alkanes of at least 4 members (excludes halogenated alkanes) is 1. The molecule has 0 amide bonds. The van der Waals surface area contributed by atoms with Crippen LogP contribution in [-0.4, -0.2) is 53.5 Å². The molecule has 6 nitrogen and oxygen atoms in total. The smallest absolute Gasteiger partial charge is 0.314 e. The van der Waals surface area contributed by atoms with Crippen LogP contribution in [0.2, 0.25) is 38.3 Å². The maximum Gasteiger partial charge on any atom is 0.314 e. The summed E-state index contributed by atoms with van der Waals surface area (Å²) in [5.41, 5.74) is 0. The predicted molar refractivity (Wildman–Crippen MR) is 103 cm³/mol. The van der Waals surface area contributed by atoms with Gasteiger partial charge in [0.2, 0.25) is 0 Å². The van der Waals surface area contributed by atoms with Gasteiger partial charge in [0.05, 0.1) is 26.1 Å². The topological polar surface area (TPSA) is 82.1 Å². The first-order chi connectivity index (χ1) is 11.6. The van der Waals surface area contributed by atoms with Gasteiger partial charge in [-0.3, -0.25) is 9.59 Å². The zero-order valence-electron chi connectivity index (χ0n) is 16.6. The maximum atomic E-state index is 10.0. The van der Waals surface area contributed by atoms with E-state index >= 15 is 0 Å². The molecule has 1 aliphatic heterocycles. The predicted octanol–water partition coefficient (Wildman–Crippen LogP) is 3.46.